The van der Waals surface area contributed by atoms with Gasteiger partial charge in [-0.15, -0.1) is 0 Å². The molecule has 4 N–H and O–H groups in total. The Bertz CT molecular complexity index is 1070. The molecule has 28 heavy (non-hydrogen) atoms. The van der Waals surface area contributed by atoms with Crippen molar-refractivity contribution in [3.05, 3.63) is 71.7 Å². The molecule has 2 aromatic carbocycles. The zero-order valence-corrected chi connectivity index (χ0v) is 15.3. The van der Waals surface area contributed by atoms with Crippen LogP contribution in [-0.4, -0.2) is 28.4 Å². The largest absolute Gasteiger partial charge is 0.507 e. The van der Waals surface area contributed by atoms with E-state index in [0.717, 1.165) is 17.0 Å². The smallest absolute Gasteiger partial charge is 0.255 e. The fraction of sp³-hybridized carbons (Fsp3) is 0.143. The lowest BCUT2D eigenvalue weighted by atomic mass is 10.1. The van der Waals surface area contributed by atoms with Crippen LogP contribution in [0.25, 0.3) is 10.9 Å². The van der Waals surface area contributed by atoms with Gasteiger partial charge in [0, 0.05) is 29.3 Å². The number of rotatable bonds is 6. The van der Waals surface area contributed by atoms with Gasteiger partial charge in [-0.05, 0) is 60.9 Å². The molecule has 0 saturated carbocycles. The van der Waals surface area contributed by atoms with Crippen LogP contribution in [0.3, 0.4) is 0 Å². The van der Waals surface area contributed by atoms with Crippen LogP contribution < -0.4 is 10.6 Å². The minimum absolute atomic E-state index is 0.0544. The van der Waals surface area contributed by atoms with Crippen LogP contribution in [0.5, 0.6) is 5.75 Å². The van der Waals surface area contributed by atoms with Crippen LogP contribution >= 0.6 is 0 Å². The molecule has 3 aromatic rings. The second-order valence-electron chi connectivity index (χ2n) is 6.39. The number of phenolic OH excluding ortho intramolecular Hbond substituents is 1. The SMILES string of the molecule is C=CC(=O)Nc1ccc(O)c(C(=O)NCCc2c[nH]c3cc(F)c(C)cc23)c1. The first kappa shape index (κ1) is 19.2. The van der Waals surface area contributed by atoms with Crippen molar-refractivity contribution >= 4 is 28.4 Å². The van der Waals surface area contributed by atoms with E-state index in [1.54, 1.807) is 19.2 Å². The summed E-state index contributed by atoms with van der Waals surface area (Å²) in [5, 5.41) is 16.1. The normalized spacial score (nSPS) is 10.6. The zero-order chi connectivity index (χ0) is 20.3. The van der Waals surface area contributed by atoms with Gasteiger partial charge in [0.25, 0.3) is 5.91 Å². The quantitative estimate of drug-likeness (QED) is 0.389. The van der Waals surface area contributed by atoms with Gasteiger partial charge >= 0.3 is 0 Å². The second-order valence-corrected chi connectivity index (χ2v) is 6.39. The van der Waals surface area contributed by atoms with Crippen molar-refractivity contribution in [2.45, 2.75) is 13.3 Å². The van der Waals surface area contributed by atoms with Crippen molar-refractivity contribution < 1.29 is 19.1 Å². The molecule has 6 nitrogen and oxygen atoms in total. The van der Waals surface area contributed by atoms with E-state index in [-0.39, 0.29) is 17.1 Å². The van der Waals surface area contributed by atoms with E-state index < -0.39 is 11.8 Å². The number of fused-ring (bicyclic) bond motifs is 1. The molecule has 0 saturated heterocycles. The van der Waals surface area contributed by atoms with Crippen LogP contribution in [-0.2, 0) is 11.2 Å². The van der Waals surface area contributed by atoms with E-state index in [0.29, 0.717) is 29.7 Å². The Hall–Kier alpha value is -3.61. The Labute approximate surface area is 161 Å². The summed E-state index contributed by atoms with van der Waals surface area (Å²) < 4.78 is 13.6. The van der Waals surface area contributed by atoms with Gasteiger partial charge in [-0.25, -0.2) is 4.39 Å². The molecule has 2 amide bonds. The Kier molecular flexibility index (Phi) is 5.44. The predicted molar refractivity (Wildman–Crippen MR) is 106 cm³/mol. The van der Waals surface area contributed by atoms with E-state index >= 15 is 0 Å². The topological polar surface area (TPSA) is 94.2 Å². The van der Waals surface area contributed by atoms with Gasteiger partial charge in [0.1, 0.15) is 11.6 Å². The number of aromatic amines is 1. The molecule has 144 valence electrons. The van der Waals surface area contributed by atoms with Crippen LogP contribution in [0, 0.1) is 12.7 Å². The molecule has 0 unspecified atom stereocenters. The van der Waals surface area contributed by atoms with Crippen LogP contribution in [0.4, 0.5) is 10.1 Å². The highest BCUT2D eigenvalue weighted by Crippen LogP contribution is 2.23. The van der Waals surface area contributed by atoms with E-state index in [9.17, 15) is 19.1 Å². The van der Waals surface area contributed by atoms with Crippen molar-refractivity contribution in [3.63, 3.8) is 0 Å². The number of aryl methyl sites for hydroxylation is 1. The molecule has 0 bridgehead atoms. The first-order valence-corrected chi connectivity index (χ1v) is 8.69. The van der Waals surface area contributed by atoms with E-state index in [1.807, 2.05) is 0 Å². The first-order chi connectivity index (χ1) is 13.4. The molecule has 1 heterocycles. The van der Waals surface area contributed by atoms with Gasteiger partial charge in [-0.3, -0.25) is 9.59 Å². The lowest BCUT2D eigenvalue weighted by Crippen LogP contribution is -2.26. The number of nitrogens with one attached hydrogen (secondary N) is 3. The van der Waals surface area contributed by atoms with E-state index in [2.05, 4.69) is 22.2 Å². The number of anilines is 1. The molecule has 0 atom stereocenters. The van der Waals surface area contributed by atoms with Crippen molar-refractivity contribution in [3.8, 4) is 5.75 Å². The maximum absolute atomic E-state index is 13.6. The van der Waals surface area contributed by atoms with Crippen molar-refractivity contribution in [1.29, 1.82) is 0 Å². The molecule has 7 heteroatoms. The molecule has 1 aromatic heterocycles. The third-order valence-corrected chi connectivity index (χ3v) is 4.42. The fourth-order valence-corrected chi connectivity index (χ4v) is 2.91. The maximum atomic E-state index is 13.6. The lowest BCUT2D eigenvalue weighted by Gasteiger charge is -2.09. The molecule has 0 aliphatic rings. The molecule has 0 fully saturated rings. The number of amides is 2. The summed E-state index contributed by atoms with van der Waals surface area (Å²) in [5.74, 6) is -1.34. The van der Waals surface area contributed by atoms with Gasteiger partial charge in [-0.2, -0.15) is 0 Å². The third-order valence-electron chi connectivity index (χ3n) is 4.42. The van der Waals surface area contributed by atoms with E-state index in [1.165, 1.54) is 24.3 Å². The summed E-state index contributed by atoms with van der Waals surface area (Å²) >= 11 is 0. The van der Waals surface area contributed by atoms with Gasteiger partial charge < -0.3 is 20.7 Å². The average molecular weight is 381 g/mol. The predicted octanol–water partition coefficient (Wildman–Crippen LogP) is 3.42. The number of hydrogen-bond acceptors (Lipinski definition) is 3. The van der Waals surface area contributed by atoms with Crippen molar-refractivity contribution in [1.82, 2.24) is 10.3 Å². The standard InChI is InChI=1S/C21H20FN3O3/c1-3-20(27)25-14-4-5-19(26)16(9-14)21(28)23-7-6-13-11-24-18-10-17(22)12(2)8-15(13)18/h3-5,8-11,24,26H,1,6-7H2,2H3,(H,23,28)(H,25,27). The molecular weight excluding hydrogens is 361 g/mol. The van der Waals surface area contributed by atoms with Crippen LogP contribution in [0.1, 0.15) is 21.5 Å². The second kappa shape index (κ2) is 7.96. The highest BCUT2D eigenvalue weighted by molar-refractivity contribution is 6.02. The monoisotopic (exact) mass is 381 g/mol. The summed E-state index contributed by atoms with van der Waals surface area (Å²) in [6.45, 7) is 5.39. The molecule has 0 radical (unpaired) electrons. The Morgan fingerprint density at radius 1 is 1.29 bits per heavy atom. The van der Waals surface area contributed by atoms with Gasteiger partial charge in [0.05, 0.1) is 5.56 Å². The number of aromatic nitrogens is 1. The van der Waals surface area contributed by atoms with Gasteiger partial charge in [-0.1, -0.05) is 6.58 Å². The summed E-state index contributed by atoms with van der Waals surface area (Å²) in [4.78, 5) is 26.8. The number of aromatic hydroxyl groups is 1. The summed E-state index contributed by atoms with van der Waals surface area (Å²) in [7, 11) is 0. The minimum atomic E-state index is -0.464. The Balaban J connectivity index is 1.68. The maximum Gasteiger partial charge on any atom is 0.255 e. The number of carbonyl (C=O) groups excluding carboxylic acids is 2. The number of benzene rings is 2. The zero-order valence-electron chi connectivity index (χ0n) is 15.3. The number of H-pyrrole nitrogens is 1. The summed E-state index contributed by atoms with van der Waals surface area (Å²) in [5.41, 5.74) is 2.64. The van der Waals surface area contributed by atoms with Gasteiger partial charge in [0.2, 0.25) is 5.91 Å². The van der Waals surface area contributed by atoms with Crippen molar-refractivity contribution in [2.24, 2.45) is 0 Å². The number of hydrogen-bond donors (Lipinski definition) is 4. The van der Waals surface area contributed by atoms with Crippen LogP contribution in [0.15, 0.2) is 49.2 Å². The number of phenols is 1. The molecule has 0 spiro atoms. The number of halogens is 1. The summed E-state index contributed by atoms with van der Waals surface area (Å²) in [6.07, 6.45) is 3.43. The number of carbonyl (C=O) groups is 2. The minimum Gasteiger partial charge on any atom is -0.507 e. The van der Waals surface area contributed by atoms with Crippen LogP contribution in [0.2, 0.25) is 0 Å². The highest BCUT2D eigenvalue weighted by Gasteiger charge is 2.13. The first-order valence-electron chi connectivity index (χ1n) is 8.69. The average Bonchev–Trinajstić information content (AvgIpc) is 3.05. The fourth-order valence-electron chi connectivity index (χ4n) is 2.91. The Morgan fingerprint density at radius 2 is 2.07 bits per heavy atom. The van der Waals surface area contributed by atoms with Crippen molar-refractivity contribution in [2.75, 3.05) is 11.9 Å². The molecular formula is C21H20FN3O3. The lowest BCUT2D eigenvalue weighted by molar-refractivity contribution is -0.111. The highest BCUT2D eigenvalue weighted by atomic mass is 19.1. The summed E-state index contributed by atoms with van der Waals surface area (Å²) in [6, 6.07) is 7.44. The van der Waals surface area contributed by atoms with E-state index in [4.69, 9.17) is 0 Å². The third kappa shape index (κ3) is 4.03. The molecule has 3 rings (SSSR count). The molecule has 0 aliphatic carbocycles. The van der Waals surface area contributed by atoms with Gasteiger partial charge in [0.15, 0.2) is 0 Å². The Morgan fingerprint density at radius 3 is 2.82 bits per heavy atom. The molecule has 0 aliphatic heterocycles.